The summed E-state index contributed by atoms with van der Waals surface area (Å²) in [6, 6.07) is 0. The van der Waals surface area contributed by atoms with E-state index in [0.29, 0.717) is 0 Å². The predicted octanol–water partition coefficient (Wildman–Crippen LogP) is -1.44. The number of hydrogen-bond donors (Lipinski definition) is 3. The van der Waals surface area contributed by atoms with Crippen molar-refractivity contribution in [2.45, 2.75) is 11.9 Å². The minimum atomic E-state index is -4.08. The van der Waals surface area contributed by atoms with E-state index in [0.717, 1.165) is 10.5 Å². The lowest BCUT2D eigenvalue weighted by Crippen LogP contribution is -2.36. The van der Waals surface area contributed by atoms with Gasteiger partial charge in [0.1, 0.15) is 5.56 Å². The van der Waals surface area contributed by atoms with Gasteiger partial charge >= 0.3 is 5.97 Å². The Bertz CT molecular complexity index is 535. The number of carbonyl (C=O) groups excluding carboxylic acids is 1. The lowest BCUT2D eigenvalue weighted by Gasteiger charge is -2.19. The molecule has 9 nitrogen and oxygen atoms in total. The van der Waals surface area contributed by atoms with Gasteiger partial charge in [0.05, 0.1) is 26.0 Å². The fraction of sp³-hybridized carbons (Fsp3) is 0.600. The summed E-state index contributed by atoms with van der Waals surface area (Å²) in [5, 5.41) is 23.1. The summed E-state index contributed by atoms with van der Waals surface area (Å²) >= 11 is 0. The van der Waals surface area contributed by atoms with Crippen molar-refractivity contribution in [3.05, 3.63) is 11.8 Å². The maximum Gasteiger partial charge on any atom is 0.342 e. The SMILES string of the molecule is CCOC(=O)c1cn[nH]c1S(=O)(=O)N(CCO)CCO. The Morgan fingerprint density at radius 2 is 2.00 bits per heavy atom. The third-order valence-electron chi connectivity index (χ3n) is 2.40. The van der Waals surface area contributed by atoms with Gasteiger partial charge in [0.2, 0.25) is 0 Å². The third-order valence-corrected chi connectivity index (χ3v) is 4.27. The number of aliphatic hydroxyl groups is 2. The fourth-order valence-electron chi connectivity index (χ4n) is 1.53. The lowest BCUT2D eigenvalue weighted by molar-refractivity contribution is 0.0521. The number of nitrogens with one attached hydrogen (secondary N) is 1. The Balaban J connectivity index is 3.14. The number of nitrogens with zero attached hydrogens (tertiary/aromatic N) is 2. The standard InChI is InChI=1S/C10H17N3O6S/c1-2-19-10(16)8-7-11-12-9(8)20(17,18)13(3-5-14)4-6-15/h7,14-15H,2-6H2,1H3,(H,11,12). The number of sulfonamides is 1. The molecule has 0 radical (unpaired) electrons. The minimum Gasteiger partial charge on any atom is -0.462 e. The Morgan fingerprint density at radius 1 is 1.40 bits per heavy atom. The van der Waals surface area contributed by atoms with Gasteiger partial charge in [-0.15, -0.1) is 0 Å². The summed E-state index contributed by atoms with van der Waals surface area (Å²) in [4.78, 5) is 11.6. The van der Waals surface area contributed by atoms with Gasteiger partial charge in [0, 0.05) is 13.1 Å². The van der Waals surface area contributed by atoms with Gasteiger partial charge in [-0.3, -0.25) is 5.10 Å². The number of esters is 1. The van der Waals surface area contributed by atoms with Crippen LogP contribution < -0.4 is 0 Å². The van der Waals surface area contributed by atoms with Crippen LogP contribution in [0.2, 0.25) is 0 Å². The topological polar surface area (TPSA) is 133 Å². The molecule has 0 amide bonds. The zero-order valence-electron chi connectivity index (χ0n) is 10.9. The second-order valence-corrected chi connectivity index (χ2v) is 5.56. The summed E-state index contributed by atoms with van der Waals surface area (Å²) < 4.78 is 30.2. The molecule has 1 rings (SSSR count). The maximum absolute atomic E-state index is 12.3. The maximum atomic E-state index is 12.3. The van der Waals surface area contributed by atoms with Crippen molar-refractivity contribution < 1.29 is 28.2 Å². The van der Waals surface area contributed by atoms with Crippen LogP contribution in [0.5, 0.6) is 0 Å². The highest BCUT2D eigenvalue weighted by atomic mass is 32.2. The van der Waals surface area contributed by atoms with Gasteiger partial charge < -0.3 is 14.9 Å². The van der Waals surface area contributed by atoms with Gasteiger partial charge in [0.15, 0.2) is 5.03 Å². The van der Waals surface area contributed by atoms with E-state index in [-0.39, 0.29) is 25.3 Å². The largest absolute Gasteiger partial charge is 0.462 e. The third kappa shape index (κ3) is 3.54. The average Bonchev–Trinajstić information content (AvgIpc) is 2.88. The van der Waals surface area contributed by atoms with Crippen molar-refractivity contribution in [2.24, 2.45) is 0 Å². The van der Waals surface area contributed by atoms with E-state index < -0.39 is 34.2 Å². The summed E-state index contributed by atoms with van der Waals surface area (Å²) in [6.45, 7) is 0.453. The smallest absolute Gasteiger partial charge is 0.342 e. The Morgan fingerprint density at radius 3 is 2.50 bits per heavy atom. The molecule has 1 aromatic rings. The lowest BCUT2D eigenvalue weighted by atomic mass is 10.4. The summed E-state index contributed by atoms with van der Waals surface area (Å²) in [5.74, 6) is -0.812. The zero-order valence-corrected chi connectivity index (χ0v) is 11.8. The Labute approximate surface area is 116 Å². The highest BCUT2D eigenvalue weighted by Gasteiger charge is 2.31. The quantitative estimate of drug-likeness (QED) is 0.501. The molecule has 0 aliphatic rings. The van der Waals surface area contributed by atoms with Crippen LogP contribution in [0.3, 0.4) is 0 Å². The van der Waals surface area contributed by atoms with Crippen molar-refractivity contribution in [1.82, 2.24) is 14.5 Å². The van der Waals surface area contributed by atoms with Crippen molar-refractivity contribution in [3.8, 4) is 0 Å². The molecule has 0 unspecified atom stereocenters. The molecule has 0 aliphatic heterocycles. The molecule has 1 aromatic heterocycles. The fourth-order valence-corrected chi connectivity index (χ4v) is 3.01. The van der Waals surface area contributed by atoms with Gasteiger partial charge in [-0.2, -0.15) is 9.40 Å². The molecule has 0 aromatic carbocycles. The van der Waals surface area contributed by atoms with E-state index in [1.165, 1.54) is 0 Å². The number of aliphatic hydroxyl groups excluding tert-OH is 2. The van der Waals surface area contributed by atoms with Crippen LogP contribution in [0.15, 0.2) is 11.2 Å². The molecule has 0 bridgehead atoms. The Hall–Kier alpha value is -1.49. The first-order valence-corrected chi connectivity index (χ1v) is 7.35. The molecule has 3 N–H and O–H groups in total. The van der Waals surface area contributed by atoms with Crippen molar-refractivity contribution in [1.29, 1.82) is 0 Å². The Kier molecular flexibility index (Phi) is 6.07. The highest BCUT2D eigenvalue weighted by molar-refractivity contribution is 7.89. The highest BCUT2D eigenvalue weighted by Crippen LogP contribution is 2.18. The van der Waals surface area contributed by atoms with E-state index in [1.54, 1.807) is 6.92 Å². The molecule has 0 spiro atoms. The molecular weight excluding hydrogens is 290 g/mol. The first kappa shape index (κ1) is 16.6. The van der Waals surface area contributed by atoms with E-state index in [1.807, 2.05) is 0 Å². The first-order valence-electron chi connectivity index (χ1n) is 5.91. The van der Waals surface area contributed by atoms with Crippen molar-refractivity contribution >= 4 is 16.0 Å². The van der Waals surface area contributed by atoms with Gasteiger partial charge in [0.25, 0.3) is 10.0 Å². The van der Waals surface area contributed by atoms with Gasteiger partial charge in [-0.1, -0.05) is 0 Å². The van der Waals surface area contributed by atoms with Crippen LogP contribution >= 0.6 is 0 Å². The average molecular weight is 307 g/mol. The number of aromatic amines is 1. The summed E-state index contributed by atoms with van der Waals surface area (Å²) in [5.41, 5.74) is -0.215. The molecule has 0 saturated carbocycles. The van der Waals surface area contributed by atoms with Gasteiger partial charge in [-0.05, 0) is 6.92 Å². The number of aromatic nitrogens is 2. The molecular formula is C10H17N3O6S. The monoisotopic (exact) mass is 307 g/mol. The van der Waals surface area contributed by atoms with E-state index >= 15 is 0 Å². The van der Waals surface area contributed by atoms with Gasteiger partial charge in [-0.25, -0.2) is 13.2 Å². The van der Waals surface area contributed by atoms with E-state index in [4.69, 9.17) is 14.9 Å². The second kappa shape index (κ2) is 7.33. The number of rotatable bonds is 8. The molecule has 114 valence electrons. The molecule has 1 heterocycles. The second-order valence-electron chi connectivity index (χ2n) is 3.68. The predicted molar refractivity (Wildman–Crippen MR) is 67.5 cm³/mol. The molecule has 10 heteroatoms. The van der Waals surface area contributed by atoms with Crippen LogP contribution in [0.4, 0.5) is 0 Å². The number of ether oxygens (including phenoxy) is 1. The van der Waals surface area contributed by atoms with Crippen LogP contribution in [-0.2, 0) is 14.8 Å². The van der Waals surface area contributed by atoms with E-state index in [2.05, 4.69) is 10.2 Å². The zero-order chi connectivity index (χ0) is 15.2. The molecule has 20 heavy (non-hydrogen) atoms. The van der Waals surface area contributed by atoms with Crippen molar-refractivity contribution in [3.63, 3.8) is 0 Å². The first-order chi connectivity index (χ1) is 9.48. The minimum absolute atomic E-state index is 0.0977. The normalized spacial score (nSPS) is 11.8. The molecule has 0 aliphatic carbocycles. The molecule has 0 saturated heterocycles. The van der Waals surface area contributed by atoms with Crippen LogP contribution in [0.1, 0.15) is 17.3 Å². The number of hydrogen-bond acceptors (Lipinski definition) is 7. The number of H-pyrrole nitrogens is 1. The molecule has 0 atom stereocenters. The van der Waals surface area contributed by atoms with Crippen molar-refractivity contribution in [2.75, 3.05) is 32.9 Å². The summed E-state index contributed by atoms with van der Waals surface area (Å²) in [6.07, 6.45) is 1.06. The van der Waals surface area contributed by atoms with Crippen LogP contribution in [-0.4, -0.2) is 72.0 Å². The molecule has 0 fully saturated rings. The van der Waals surface area contributed by atoms with Crippen LogP contribution in [0, 0.1) is 0 Å². The van der Waals surface area contributed by atoms with E-state index in [9.17, 15) is 13.2 Å². The number of carbonyl (C=O) groups is 1. The van der Waals surface area contributed by atoms with Crippen LogP contribution in [0.25, 0.3) is 0 Å². The summed E-state index contributed by atoms with van der Waals surface area (Å²) in [7, 11) is -4.08.